The van der Waals surface area contributed by atoms with Crippen LogP contribution in [0.1, 0.15) is 0 Å². The first-order valence-corrected chi connectivity index (χ1v) is 0. The van der Waals surface area contributed by atoms with Crippen LogP contribution in [0.2, 0.25) is 0 Å². The van der Waals surface area contributed by atoms with Gasteiger partial charge in [-0.3, -0.25) is 0 Å². The van der Waals surface area contributed by atoms with Crippen LogP contribution in [0.25, 0.3) is 0 Å². The van der Waals surface area contributed by atoms with Gasteiger partial charge in [0, 0.05) is 0 Å². The van der Waals surface area contributed by atoms with E-state index in [-0.39, 0.29) is 248 Å². The van der Waals surface area contributed by atoms with E-state index in [1.165, 1.54) is 0 Å². The van der Waals surface area contributed by atoms with E-state index in [9.17, 15) is 0 Å². The fourth-order valence-electron chi connectivity index (χ4n) is 0. The first-order chi connectivity index (χ1) is 0. The quantitative estimate of drug-likeness (QED) is 0.219. The summed E-state index contributed by atoms with van der Waals surface area (Å²) in [5, 5.41) is 0. The molecule has 0 aromatic carbocycles. The van der Waals surface area contributed by atoms with Gasteiger partial charge in [0.25, 0.3) is 0 Å². The molecular weight excluding hydrogens is 1320 g/mol. The number of hydrogen-bond acceptors (Lipinski definition) is 0. The molecule has 0 atom stereocenters. The Morgan fingerprint density at radius 3 is 0.231 bits per heavy atom. The van der Waals surface area contributed by atoms with Gasteiger partial charge in [0.1, 0.15) is 0 Å². The van der Waals surface area contributed by atoms with Crippen LogP contribution in [0.3, 0.4) is 0 Å². The number of hydrogen-bond donors (Lipinski definition) is 0. The maximum absolute atomic E-state index is 0. The molecule has 0 unspecified atom stereocenters. The van der Waals surface area contributed by atoms with Gasteiger partial charge in [-0.2, -0.15) is 0 Å². The zero-order valence-corrected chi connectivity index (χ0v) is 33.0. The third kappa shape index (κ3) is 102. The van der Waals surface area contributed by atoms with Crippen LogP contribution in [0, 0.1) is 0 Å². The molecule has 0 aromatic heterocycles. The second-order valence-electron chi connectivity index (χ2n) is 0. The Labute approximate surface area is 242 Å². The third-order valence-corrected chi connectivity index (χ3v) is 0. The molecule has 13 heteroatoms. The van der Waals surface area contributed by atoms with E-state index in [0.29, 0.717) is 0 Å². The Balaban J connectivity index is 0. The number of rotatable bonds is 0. The minimum atomic E-state index is 0. The van der Waals surface area contributed by atoms with Crippen LogP contribution in [-0.4, -0.2) is 185 Å². The molecule has 0 nitrogen and oxygen atoms in total. The minimum Gasteiger partial charge on any atom is -3.00 e. The fraction of sp³-hybridized carbons (Fsp3) is 0. The molecule has 13 heavy (non-hydrogen) atoms. The molecule has 0 saturated heterocycles. The minimum absolute atomic E-state index is 0. The van der Waals surface area contributed by atoms with E-state index in [0.717, 1.165) is 0 Å². The van der Waals surface area contributed by atoms with Crippen molar-refractivity contribution >= 4 is 185 Å². The molecule has 0 fully saturated rings. The van der Waals surface area contributed by atoms with Gasteiger partial charge in [0.15, 0.2) is 0 Å². The summed E-state index contributed by atoms with van der Waals surface area (Å²) in [7, 11) is 0. The molecular formula is As7Ga3Pt3. The molecule has 0 saturated carbocycles. The zero-order chi connectivity index (χ0) is 0. The van der Waals surface area contributed by atoms with E-state index in [1.807, 2.05) is 0 Å². The van der Waals surface area contributed by atoms with E-state index >= 15 is 0 Å². The SMILES string of the molecule is [As-3].[As-3].[As-3].[As-3].[As-3].[As-3].[As-3].[Ga+3].[Ga+3].[Ga+3].[Pt+4].[Pt+4].[Pt+4]. The van der Waals surface area contributed by atoms with Gasteiger partial charge >= 0.3 is 123 Å². The summed E-state index contributed by atoms with van der Waals surface area (Å²) in [5.41, 5.74) is 0. The average Bonchev–Trinajstić information content (AvgIpc) is 0. The van der Waals surface area contributed by atoms with E-state index < -0.39 is 0 Å². The monoisotopic (exact) mass is 1320 g/mol. The maximum atomic E-state index is 0. The molecule has 0 bridgehead atoms. The van der Waals surface area contributed by atoms with Gasteiger partial charge < -0.3 is 126 Å². The van der Waals surface area contributed by atoms with Gasteiger partial charge in [0.05, 0.1) is 0 Å². The molecule has 0 N–H and O–H groups in total. The van der Waals surface area contributed by atoms with Crippen molar-refractivity contribution in [2.24, 2.45) is 0 Å². The van der Waals surface area contributed by atoms with Crippen molar-refractivity contribution in [1.82, 2.24) is 0 Å². The maximum Gasteiger partial charge on any atom is 4.00 e. The Morgan fingerprint density at radius 2 is 0.231 bits per heavy atom. The molecule has 0 spiro atoms. The van der Waals surface area contributed by atoms with Gasteiger partial charge in [0.2, 0.25) is 0 Å². The standard InChI is InChI=1S/7As.3Ga.3Pt/q7*-3;3*+3;3*+4. The molecule has 74 valence electrons. The Morgan fingerprint density at radius 1 is 0.231 bits per heavy atom. The van der Waals surface area contributed by atoms with Crippen LogP contribution in [0.15, 0.2) is 0 Å². The first kappa shape index (κ1) is 133. The van der Waals surface area contributed by atoms with E-state index in [4.69, 9.17) is 0 Å². The summed E-state index contributed by atoms with van der Waals surface area (Å²) in [6.45, 7) is 0. The van der Waals surface area contributed by atoms with Crippen LogP contribution >= 0.6 is 0 Å². The van der Waals surface area contributed by atoms with Crippen molar-refractivity contribution in [3.8, 4) is 0 Å². The summed E-state index contributed by atoms with van der Waals surface area (Å²) >= 11 is 0. The van der Waals surface area contributed by atoms with Crippen LogP contribution < -0.4 is 0 Å². The van der Waals surface area contributed by atoms with Crippen molar-refractivity contribution in [2.75, 3.05) is 0 Å². The normalized spacial score (nSPS) is 0. The van der Waals surface area contributed by atoms with Crippen LogP contribution in [0.4, 0.5) is 0 Å². The third-order valence-electron chi connectivity index (χ3n) is 0. The summed E-state index contributed by atoms with van der Waals surface area (Å²) < 4.78 is 0. The molecule has 0 aliphatic carbocycles. The van der Waals surface area contributed by atoms with Crippen molar-refractivity contribution in [2.45, 2.75) is 0 Å². The van der Waals surface area contributed by atoms with Crippen LogP contribution in [-0.2, 0) is 63.2 Å². The average molecular weight is 1320 g/mol. The smallest absolute Gasteiger partial charge is 3.00 e. The zero-order valence-electron chi connectivity index (χ0n) is 5.81. The summed E-state index contributed by atoms with van der Waals surface area (Å²) in [5.74, 6) is 0. The molecule has 0 aromatic rings. The van der Waals surface area contributed by atoms with E-state index in [2.05, 4.69) is 0 Å². The van der Waals surface area contributed by atoms with Gasteiger partial charge in [-0.15, -0.1) is 0 Å². The van der Waals surface area contributed by atoms with Crippen LogP contribution in [0.5, 0.6) is 0 Å². The molecule has 0 radical (unpaired) electrons. The molecule has 0 heterocycles. The second kappa shape index (κ2) is 114. The molecule has 0 amide bonds. The predicted molar refractivity (Wildman–Crippen MR) is 57.5 cm³/mol. The van der Waals surface area contributed by atoms with E-state index in [1.54, 1.807) is 0 Å². The molecule has 0 aliphatic rings. The summed E-state index contributed by atoms with van der Waals surface area (Å²) in [6.07, 6.45) is 0. The Kier molecular flexibility index (Phi) is 1170. The van der Waals surface area contributed by atoms with Crippen molar-refractivity contribution in [3.63, 3.8) is 0 Å². The predicted octanol–water partition coefficient (Wildman–Crippen LogP) is -3.82. The summed E-state index contributed by atoms with van der Waals surface area (Å²) in [6, 6.07) is 0. The molecule has 0 rings (SSSR count). The Bertz CT molecular complexity index is 18.9. The summed E-state index contributed by atoms with van der Waals surface area (Å²) in [4.78, 5) is 0. The van der Waals surface area contributed by atoms with Gasteiger partial charge in [-0.25, -0.2) is 0 Å². The van der Waals surface area contributed by atoms with Gasteiger partial charge in [-0.05, 0) is 0 Å². The fourth-order valence-corrected chi connectivity index (χ4v) is 0. The largest absolute Gasteiger partial charge is 4.00 e. The molecule has 0 aliphatic heterocycles. The topological polar surface area (TPSA) is 0 Å². The Hall–Kier alpha value is 7.88. The van der Waals surface area contributed by atoms with Crippen molar-refractivity contribution < 1.29 is 63.2 Å². The van der Waals surface area contributed by atoms with Crippen molar-refractivity contribution in [1.29, 1.82) is 0 Å². The second-order valence-corrected chi connectivity index (χ2v) is 0. The van der Waals surface area contributed by atoms with Gasteiger partial charge in [-0.1, -0.05) is 0 Å². The van der Waals surface area contributed by atoms with Crippen molar-refractivity contribution in [3.05, 3.63) is 0 Å². The first-order valence-electron chi connectivity index (χ1n) is 0.